The third-order valence-corrected chi connectivity index (χ3v) is 6.16. The maximum absolute atomic E-state index is 10.9. The van der Waals surface area contributed by atoms with E-state index in [-0.39, 0.29) is 11.5 Å². The molecule has 0 saturated carbocycles. The van der Waals surface area contributed by atoms with Crippen molar-refractivity contribution in [2.24, 2.45) is 4.99 Å². The zero-order chi connectivity index (χ0) is 25.7. The maximum atomic E-state index is 10.9. The van der Waals surface area contributed by atoms with Gasteiger partial charge in [-0.3, -0.25) is 10.1 Å². The van der Waals surface area contributed by atoms with E-state index in [4.69, 9.17) is 33.9 Å². The molecule has 3 aromatic rings. The molecule has 3 heterocycles. The van der Waals surface area contributed by atoms with E-state index >= 15 is 0 Å². The lowest BCUT2D eigenvalue weighted by Crippen LogP contribution is -2.24. The van der Waals surface area contributed by atoms with E-state index in [1.807, 2.05) is 13.0 Å². The van der Waals surface area contributed by atoms with Gasteiger partial charge >= 0.3 is 5.69 Å². The Bertz CT molecular complexity index is 1300. The van der Waals surface area contributed by atoms with E-state index in [0.717, 1.165) is 31.8 Å². The highest BCUT2D eigenvalue weighted by molar-refractivity contribution is 6.36. The number of nitrogen functional groups attached to an aromatic ring is 1. The van der Waals surface area contributed by atoms with Gasteiger partial charge in [0.25, 0.3) is 0 Å². The third-order valence-electron chi connectivity index (χ3n) is 5.61. The number of hydrogen-bond donors (Lipinski definition) is 3. The summed E-state index contributed by atoms with van der Waals surface area (Å²) < 4.78 is 0. The second-order valence-electron chi connectivity index (χ2n) is 8.12. The number of aliphatic imine (C=N–C) groups is 1. The van der Waals surface area contributed by atoms with Crippen LogP contribution >= 0.6 is 23.2 Å². The molecule has 4 N–H and O–H groups in total. The van der Waals surface area contributed by atoms with Gasteiger partial charge in [-0.05, 0) is 44.0 Å². The molecule has 1 aromatic carbocycles. The average molecular weight is 530 g/mol. The van der Waals surface area contributed by atoms with Gasteiger partial charge in [-0.15, -0.1) is 0 Å². The predicted molar refractivity (Wildman–Crippen MR) is 143 cm³/mol. The van der Waals surface area contributed by atoms with Gasteiger partial charge in [0.05, 0.1) is 16.1 Å². The van der Waals surface area contributed by atoms with Crippen LogP contribution in [0.25, 0.3) is 11.3 Å². The van der Waals surface area contributed by atoms with Gasteiger partial charge in [-0.2, -0.15) is 0 Å². The fourth-order valence-corrected chi connectivity index (χ4v) is 4.29. The zero-order valence-corrected chi connectivity index (χ0v) is 21.1. The first kappa shape index (κ1) is 25.4. The van der Waals surface area contributed by atoms with Gasteiger partial charge < -0.3 is 21.3 Å². The molecule has 0 spiro atoms. The Kier molecular flexibility index (Phi) is 8.01. The number of benzene rings is 1. The number of halogens is 2. The standard InChI is InChI=1S/C23H25Cl2N9O2/c1-14(33-10-2-3-11-33)30-18-13-29-23(32-21(18)16-5-4-15(24)12-17(16)25)28-9-8-27-20-7-6-19(34(35)36)22(26)31-20/h4-7,12-13H,2-3,8-11H2,1H3,(H3,26,27,31)(H,28,29,32). The van der Waals surface area contributed by atoms with Gasteiger partial charge in [-0.25, -0.2) is 19.9 Å². The molecule has 1 aliphatic heterocycles. The highest BCUT2D eigenvalue weighted by atomic mass is 35.5. The van der Waals surface area contributed by atoms with E-state index in [2.05, 4.69) is 30.5 Å². The van der Waals surface area contributed by atoms with Crippen molar-refractivity contribution < 1.29 is 4.92 Å². The van der Waals surface area contributed by atoms with E-state index in [1.165, 1.54) is 12.1 Å². The average Bonchev–Trinajstić information content (AvgIpc) is 3.38. The summed E-state index contributed by atoms with van der Waals surface area (Å²) in [6.45, 7) is 4.83. The van der Waals surface area contributed by atoms with Crippen LogP contribution in [0.2, 0.25) is 10.0 Å². The Morgan fingerprint density at radius 3 is 2.61 bits per heavy atom. The molecule has 0 amide bonds. The lowest BCUT2D eigenvalue weighted by atomic mass is 10.1. The van der Waals surface area contributed by atoms with E-state index in [9.17, 15) is 10.1 Å². The molecule has 0 radical (unpaired) electrons. The van der Waals surface area contributed by atoms with Crippen molar-refractivity contribution in [3.05, 3.63) is 56.7 Å². The molecule has 36 heavy (non-hydrogen) atoms. The molecule has 0 unspecified atom stereocenters. The van der Waals surface area contributed by atoms with Crippen molar-refractivity contribution in [3.8, 4) is 11.3 Å². The Morgan fingerprint density at radius 2 is 1.92 bits per heavy atom. The Balaban J connectivity index is 1.50. The number of anilines is 3. The first-order valence-electron chi connectivity index (χ1n) is 11.3. The minimum absolute atomic E-state index is 0.147. The van der Waals surface area contributed by atoms with Gasteiger partial charge in [0.1, 0.15) is 23.0 Å². The lowest BCUT2D eigenvalue weighted by Gasteiger charge is -2.17. The quantitative estimate of drug-likeness (QED) is 0.120. The smallest absolute Gasteiger partial charge is 0.311 e. The number of nitrogens with one attached hydrogen (secondary N) is 2. The van der Waals surface area contributed by atoms with Crippen molar-refractivity contribution in [1.82, 2.24) is 19.9 Å². The molecule has 0 atom stereocenters. The third kappa shape index (κ3) is 6.10. The second-order valence-corrected chi connectivity index (χ2v) is 8.96. The molecule has 4 rings (SSSR count). The number of aromatic nitrogens is 3. The van der Waals surface area contributed by atoms with Crippen LogP contribution in [0.1, 0.15) is 19.8 Å². The minimum Gasteiger partial charge on any atom is -0.378 e. The molecule has 0 aliphatic carbocycles. The molecule has 0 bridgehead atoms. The number of nitrogens with two attached hydrogens (primary N) is 1. The first-order chi connectivity index (χ1) is 17.3. The monoisotopic (exact) mass is 529 g/mol. The lowest BCUT2D eigenvalue weighted by molar-refractivity contribution is -0.384. The van der Waals surface area contributed by atoms with Crippen LogP contribution in [0.4, 0.5) is 29.0 Å². The number of rotatable bonds is 8. The molecule has 13 heteroatoms. The van der Waals surface area contributed by atoms with E-state index < -0.39 is 4.92 Å². The molecule has 1 aliphatic rings. The Morgan fingerprint density at radius 1 is 1.17 bits per heavy atom. The topological polar surface area (TPSA) is 147 Å². The summed E-state index contributed by atoms with van der Waals surface area (Å²) in [7, 11) is 0. The van der Waals surface area contributed by atoms with Crippen molar-refractivity contribution in [2.75, 3.05) is 42.5 Å². The summed E-state index contributed by atoms with van der Waals surface area (Å²) in [5.41, 5.74) is 7.30. The fraction of sp³-hybridized carbons (Fsp3) is 0.304. The maximum Gasteiger partial charge on any atom is 0.311 e. The van der Waals surface area contributed by atoms with Crippen LogP contribution in [-0.2, 0) is 0 Å². The summed E-state index contributed by atoms with van der Waals surface area (Å²) in [5, 5.41) is 18.1. The molecular formula is C23H25Cl2N9O2. The number of hydrogen-bond acceptors (Lipinski definition) is 9. The van der Waals surface area contributed by atoms with Crippen molar-refractivity contribution in [2.45, 2.75) is 19.8 Å². The van der Waals surface area contributed by atoms with Crippen LogP contribution in [0.5, 0.6) is 0 Å². The van der Waals surface area contributed by atoms with Gasteiger partial charge in [0.2, 0.25) is 11.8 Å². The summed E-state index contributed by atoms with van der Waals surface area (Å²) in [6, 6.07) is 8.05. The van der Waals surface area contributed by atoms with Crippen LogP contribution in [0, 0.1) is 10.1 Å². The van der Waals surface area contributed by atoms with E-state index in [0.29, 0.717) is 51.8 Å². The van der Waals surface area contributed by atoms with Crippen molar-refractivity contribution in [1.29, 1.82) is 0 Å². The highest BCUT2D eigenvalue weighted by Gasteiger charge is 2.17. The minimum atomic E-state index is -0.574. The van der Waals surface area contributed by atoms with Crippen molar-refractivity contribution in [3.63, 3.8) is 0 Å². The second kappa shape index (κ2) is 11.4. The number of nitrogens with zero attached hydrogens (tertiary/aromatic N) is 6. The van der Waals surface area contributed by atoms with Gasteiger partial charge in [-0.1, -0.05) is 23.2 Å². The molecule has 1 saturated heterocycles. The van der Waals surface area contributed by atoms with Crippen LogP contribution < -0.4 is 16.4 Å². The SMILES string of the molecule is CC(=Nc1cnc(NCCNc2ccc([N+](=O)[O-])c(N)n2)nc1-c1ccc(Cl)cc1Cl)N1CCCC1. The number of amidine groups is 1. The van der Waals surface area contributed by atoms with Gasteiger partial charge in [0.15, 0.2) is 0 Å². The van der Waals surface area contributed by atoms with Crippen molar-refractivity contribution >= 4 is 58.0 Å². The summed E-state index contributed by atoms with van der Waals surface area (Å²) in [5.74, 6) is 1.58. The number of likely N-dealkylation sites (tertiary alicyclic amines) is 1. The highest BCUT2D eigenvalue weighted by Crippen LogP contribution is 2.35. The zero-order valence-electron chi connectivity index (χ0n) is 19.5. The summed E-state index contributed by atoms with van der Waals surface area (Å²) in [4.78, 5) is 30.5. The Hall–Kier alpha value is -3.70. The normalized spacial score (nSPS) is 13.6. The molecule has 2 aromatic heterocycles. The van der Waals surface area contributed by atoms with Crippen LogP contribution in [0.3, 0.4) is 0 Å². The number of nitro groups is 1. The summed E-state index contributed by atoms with van der Waals surface area (Å²) >= 11 is 12.6. The van der Waals surface area contributed by atoms with Crippen LogP contribution in [0.15, 0.2) is 41.5 Å². The molecule has 188 valence electrons. The largest absolute Gasteiger partial charge is 0.378 e. The predicted octanol–water partition coefficient (Wildman–Crippen LogP) is 5.01. The molecule has 11 nitrogen and oxygen atoms in total. The molecular weight excluding hydrogens is 505 g/mol. The van der Waals surface area contributed by atoms with E-state index in [1.54, 1.807) is 18.3 Å². The fourth-order valence-electron chi connectivity index (χ4n) is 3.79. The first-order valence-corrected chi connectivity index (χ1v) is 12.1. The van der Waals surface area contributed by atoms with Gasteiger partial charge in [0, 0.05) is 42.8 Å². The Labute approximate surface area is 217 Å². The number of pyridine rings is 1. The molecule has 1 fully saturated rings. The van der Waals surface area contributed by atoms with Crippen LogP contribution in [-0.4, -0.2) is 56.8 Å². The summed E-state index contributed by atoms with van der Waals surface area (Å²) in [6.07, 6.45) is 3.97.